The van der Waals surface area contributed by atoms with Crippen molar-refractivity contribution in [3.05, 3.63) is 12.2 Å². The van der Waals surface area contributed by atoms with Crippen LogP contribution >= 0.6 is 0 Å². The van der Waals surface area contributed by atoms with Crippen molar-refractivity contribution in [2.45, 2.75) is 24.7 Å². The molecular formula is C8H10O4. The third kappa shape index (κ3) is 1.23. The first kappa shape index (κ1) is 7.76. The molecule has 66 valence electrons. The standard InChI is InChI=1S/C8H10O4/c9-6-1-3-8(11-5-6)4-2-7(10)12-8/h2,4,6,9H,1,3,5H2/t6-,8-/m0/s1. The fourth-order valence-electron chi connectivity index (χ4n) is 1.41. The lowest BCUT2D eigenvalue weighted by Crippen LogP contribution is -2.40. The highest BCUT2D eigenvalue weighted by Gasteiger charge is 2.40. The van der Waals surface area contributed by atoms with Gasteiger partial charge in [0, 0.05) is 12.5 Å². The molecule has 0 unspecified atom stereocenters. The predicted molar refractivity (Wildman–Crippen MR) is 39.2 cm³/mol. The summed E-state index contributed by atoms with van der Waals surface area (Å²) < 4.78 is 10.2. The van der Waals surface area contributed by atoms with Crippen LogP contribution in [-0.2, 0) is 14.3 Å². The minimum atomic E-state index is -0.865. The second-order valence-electron chi connectivity index (χ2n) is 3.07. The molecule has 0 aromatic heterocycles. The maximum atomic E-state index is 10.7. The zero-order valence-corrected chi connectivity index (χ0v) is 6.53. The monoisotopic (exact) mass is 170 g/mol. The molecule has 1 saturated heterocycles. The molecule has 0 aromatic rings. The number of hydrogen-bond donors (Lipinski definition) is 1. The first-order chi connectivity index (χ1) is 5.70. The summed E-state index contributed by atoms with van der Waals surface area (Å²) in [6, 6.07) is 0. The summed E-state index contributed by atoms with van der Waals surface area (Å²) in [5.74, 6) is -1.23. The SMILES string of the molecule is O=C1C=C[C@]2(CC[C@H](O)CO2)O1. The van der Waals surface area contributed by atoms with Crippen LogP contribution in [0.5, 0.6) is 0 Å². The summed E-state index contributed by atoms with van der Waals surface area (Å²) in [6.07, 6.45) is 3.69. The van der Waals surface area contributed by atoms with Crippen molar-refractivity contribution in [1.82, 2.24) is 0 Å². The molecule has 2 atom stereocenters. The topological polar surface area (TPSA) is 55.8 Å². The van der Waals surface area contributed by atoms with Gasteiger partial charge in [-0.25, -0.2) is 4.79 Å². The maximum absolute atomic E-state index is 10.7. The van der Waals surface area contributed by atoms with Gasteiger partial charge in [-0.05, 0) is 12.5 Å². The Labute approximate surface area is 69.8 Å². The average molecular weight is 170 g/mol. The van der Waals surface area contributed by atoms with Gasteiger partial charge in [-0.3, -0.25) is 0 Å². The molecule has 2 rings (SSSR count). The van der Waals surface area contributed by atoms with Gasteiger partial charge in [0.1, 0.15) is 0 Å². The molecule has 2 heterocycles. The van der Waals surface area contributed by atoms with Crippen LogP contribution in [0.15, 0.2) is 12.2 Å². The molecule has 2 aliphatic heterocycles. The number of hydrogen-bond acceptors (Lipinski definition) is 4. The Morgan fingerprint density at radius 1 is 1.67 bits per heavy atom. The first-order valence-electron chi connectivity index (χ1n) is 3.94. The highest BCUT2D eigenvalue weighted by Crippen LogP contribution is 2.31. The summed E-state index contributed by atoms with van der Waals surface area (Å²) >= 11 is 0. The van der Waals surface area contributed by atoms with Crippen LogP contribution < -0.4 is 0 Å². The summed E-state index contributed by atoms with van der Waals surface area (Å²) in [7, 11) is 0. The molecule has 0 aromatic carbocycles. The van der Waals surface area contributed by atoms with Gasteiger partial charge in [0.15, 0.2) is 0 Å². The van der Waals surface area contributed by atoms with E-state index in [-0.39, 0.29) is 12.6 Å². The molecule has 1 fully saturated rings. The van der Waals surface area contributed by atoms with Crippen LogP contribution in [0, 0.1) is 0 Å². The lowest BCUT2D eigenvalue weighted by atomic mass is 10.0. The number of carbonyl (C=O) groups excluding carboxylic acids is 1. The molecule has 2 aliphatic rings. The highest BCUT2D eigenvalue weighted by molar-refractivity contribution is 5.84. The number of carbonyl (C=O) groups is 1. The molecule has 4 heteroatoms. The van der Waals surface area contributed by atoms with Crippen molar-refractivity contribution in [3.63, 3.8) is 0 Å². The van der Waals surface area contributed by atoms with Crippen LogP contribution in [-0.4, -0.2) is 29.6 Å². The summed E-state index contributed by atoms with van der Waals surface area (Å²) in [4.78, 5) is 10.7. The van der Waals surface area contributed by atoms with Crippen molar-refractivity contribution in [3.8, 4) is 0 Å². The predicted octanol–water partition coefficient (Wildman–Crippen LogP) is -0.0330. The third-order valence-corrected chi connectivity index (χ3v) is 2.09. The average Bonchev–Trinajstić information content (AvgIpc) is 2.40. The smallest absolute Gasteiger partial charge is 0.333 e. The van der Waals surface area contributed by atoms with Gasteiger partial charge in [0.05, 0.1) is 12.7 Å². The second kappa shape index (κ2) is 2.57. The lowest BCUT2D eigenvalue weighted by Gasteiger charge is -2.32. The van der Waals surface area contributed by atoms with E-state index in [0.717, 1.165) is 0 Å². The first-order valence-corrected chi connectivity index (χ1v) is 3.94. The summed E-state index contributed by atoms with van der Waals surface area (Å²) in [5.41, 5.74) is 0. The van der Waals surface area contributed by atoms with Crippen LogP contribution in [0.1, 0.15) is 12.8 Å². The Morgan fingerprint density at radius 3 is 3.00 bits per heavy atom. The zero-order valence-electron chi connectivity index (χ0n) is 6.53. The highest BCUT2D eigenvalue weighted by atomic mass is 16.7. The Balaban J connectivity index is 2.05. The van der Waals surface area contributed by atoms with E-state index in [4.69, 9.17) is 14.6 Å². The molecule has 0 amide bonds. The zero-order chi connectivity index (χ0) is 8.60. The van der Waals surface area contributed by atoms with Gasteiger partial charge >= 0.3 is 5.97 Å². The van der Waals surface area contributed by atoms with E-state index >= 15 is 0 Å². The molecule has 0 radical (unpaired) electrons. The molecule has 12 heavy (non-hydrogen) atoms. The molecule has 0 bridgehead atoms. The van der Waals surface area contributed by atoms with Crippen LogP contribution in [0.2, 0.25) is 0 Å². The fourth-order valence-corrected chi connectivity index (χ4v) is 1.41. The number of aliphatic hydroxyl groups excluding tert-OH is 1. The van der Waals surface area contributed by atoms with E-state index < -0.39 is 11.9 Å². The van der Waals surface area contributed by atoms with Crippen LogP contribution in [0.25, 0.3) is 0 Å². The van der Waals surface area contributed by atoms with E-state index in [1.165, 1.54) is 6.08 Å². The minimum Gasteiger partial charge on any atom is -0.426 e. The van der Waals surface area contributed by atoms with Gasteiger partial charge in [0.25, 0.3) is 0 Å². The minimum absolute atomic E-state index is 0.234. The van der Waals surface area contributed by atoms with Crippen molar-refractivity contribution >= 4 is 5.97 Å². The van der Waals surface area contributed by atoms with Crippen LogP contribution in [0.4, 0.5) is 0 Å². The second-order valence-corrected chi connectivity index (χ2v) is 3.07. The van der Waals surface area contributed by atoms with E-state index in [0.29, 0.717) is 12.8 Å². The molecular weight excluding hydrogens is 160 g/mol. The molecule has 4 nitrogen and oxygen atoms in total. The Kier molecular flexibility index (Phi) is 1.66. The largest absolute Gasteiger partial charge is 0.426 e. The van der Waals surface area contributed by atoms with Gasteiger partial charge in [-0.2, -0.15) is 0 Å². The number of rotatable bonds is 0. The van der Waals surface area contributed by atoms with Gasteiger partial charge in [-0.15, -0.1) is 0 Å². The normalized spacial score (nSPS) is 40.4. The number of esters is 1. The van der Waals surface area contributed by atoms with Crippen molar-refractivity contribution in [2.24, 2.45) is 0 Å². The van der Waals surface area contributed by atoms with E-state index in [1.54, 1.807) is 6.08 Å². The van der Waals surface area contributed by atoms with E-state index in [1.807, 2.05) is 0 Å². The Bertz CT molecular complexity index is 225. The van der Waals surface area contributed by atoms with Crippen molar-refractivity contribution in [1.29, 1.82) is 0 Å². The van der Waals surface area contributed by atoms with Gasteiger partial charge in [0.2, 0.25) is 5.79 Å². The van der Waals surface area contributed by atoms with Crippen molar-refractivity contribution < 1.29 is 19.4 Å². The van der Waals surface area contributed by atoms with Gasteiger partial charge in [-0.1, -0.05) is 0 Å². The van der Waals surface area contributed by atoms with Crippen LogP contribution in [0.3, 0.4) is 0 Å². The quantitative estimate of drug-likeness (QED) is 0.518. The van der Waals surface area contributed by atoms with E-state index in [9.17, 15) is 4.79 Å². The summed E-state index contributed by atoms with van der Waals surface area (Å²) in [5, 5.41) is 9.13. The maximum Gasteiger partial charge on any atom is 0.333 e. The molecule has 0 aliphatic carbocycles. The molecule has 1 N–H and O–H groups in total. The van der Waals surface area contributed by atoms with E-state index in [2.05, 4.69) is 0 Å². The number of ether oxygens (including phenoxy) is 2. The summed E-state index contributed by atoms with van der Waals surface area (Å²) in [6.45, 7) is 0.234. The van der Waals surface area contributed by atoms with Gasteiger partial charge < -0.3 is 14.6 Å². The fraction of sp³-hybridized carbons (Fsp3) is 0.625. The Hall–Kier alpha value is -0.870. The van der Waals surface area contributed by atoms with Crippen molar-refractivity contribution in [2.75, 3.05) is 6.61 Å². The lowest BCUT2D eigenvalue weighted by molar-refractivity contribution is -0.226. The molecule has 0 saturated carbocycles. The molecule has 1 spiro atoms. The third-order valence-electron chi connectivity index (χ3n) is 2.09. The number of aliphatic hydroxyl groups is 1. The Morgan fingerprint density at radius 2 is 2.50 bits per heavy atom.